The smallest absolute Gasteiger partial charge is 0.333 e. The molecule has 0 radical (unpaired) electrons. The van der Waals surface area contributed by atoms with Gasteiger partial charge in [-0.3, -0.25) is 9.59 Å². The second kappa shape index (κ2) is 4.72. The van der Waals surface area contributed by atoms with Gasteiger partial charge in [-0.15, -0.1) is 0 Å². The van der Waals surface area contributed by atoms with Gasteiger partial charge in [0.05, 0.1) is 12.3 Å². The van der Waals surface area contributed by atoms with E-state index in [-0.39, 0.29) is 23.9 Å². The summed E-state index contributed by atoms with van der Waals surface area (Å²) in [5.74, 6) is -1.72. The lowest BCUT2D eigenvalue weighted by atomic mass is 9.99. The Labute approximate surface area is 109 Å². The van der Waals surface area contributed by atoms with E-state index in [2.05, 4.69) is 6.58 Å². The molecule has 0 spiro atoms. The van der Waals surface area contributed by atoms with Crippen LogP contribution in [0.15, 0.2) is 12.2 Å². The Kier molecular flexibility index (Phi) is 3.43. The van der Waals surface area contributed by atoms with Crippen molar-refractivity contribution in [2.45, 2.75) is 32.0 Å². The Balaban J connectivity index is 2.17. The molecule has 5 nitrogen and oxygen atoms in total. The number of hydrogen-bond donors (Lipinski definition) is 0. The van der Waals surface area contributed by atoms with Crippen molar-refractivity contribution in [3.05, 3.63) is 12.2 Å². The third-order valence-corrected chi connectivity index (χ3v) is 3.60. The molecule has 6 heteroatoms. The number of esters is 2. The van der Waals surface area contributed by atoms with Gasteiger partial charge in [-0.05, 0) is 24.9 Å². The highest BCUT2D eigenvalue weighted by Crippen LogP contribution is 2.42. The number of carbonyl (C=O) groups excluding carboxylic acids is 3. The zero-order chi connectivity index (χ0) is 13.4. The first-order valence-electron chi connectivity index (χ1n) is 5.65. The molecule has 1 aliphatic heterocycles. The van der Waals surface area contributed by atoms with Crippen LogP contribution in [0.2, 0.25) is 0 Å². The van der Waals surface area contributed by atoms with Crippen LogP contribution in [0.4, 0.5) is 0 Å². The van der Waals surface area contributed by atoms with Crippen LogP contribution in [0.25, 0.3) is 0 Å². The molecule has 1 saturated heterocycles. The van der Waals surface area contributed by atoms with Gasteiger partial charge in [0.15, 0.2) is 0 Å². The summed E-state index contributed by atoms with van der Waals surface area (Å²) in [4.78, 5) is 34.1. The maximum atomic E-state index is 11.5. The number of ether oxygens (including phenoxy) is 2. The molecule has 2 aliphatic rings. The maximum Gasteiger partial charge on any atom is 0.333 e. The van der Waals surface area contributed by atoms with E-state index in [9.17, 15) is 14.4 Å². The molecule has 0 N–H and O–H groups in total. The summed E-state index contributed by atoms with van der Waals surface area (Å²) < 4.78 is 10.3. The molecule has 98 valence electrons. The van der Waals surface area contributed by atoms with Gasteiger partial charge in [-0.2, -0.15) is 0 Å². The Bertz CT molecular complexity index is 430. The Morgan fingerprint density at radius 1 is 1.50 bits per heavy atom. The Hall–Kier alpha value is -1.36. The molecule has 18 heavy (non-hydrogen) atoms. The van der Waals surface area contributed by atoms with Gasteiger partial charge in [0.1, 0.15) is 12.2 Å². The standard InChI is InChI=1S/C12H13ClO5/c1-5(2)12(16)18-9-6-3-7(11(13)15)10(9)17-8(14)4-6/h6-7,9-10H,1,3-4H2,2H3. The average molecular weight is 273 g/mol. The van der Waals surface area contributed by atoms with E-state index in [0.29, 0.717) is 6.42 Å². The number of rotatable bonds is 3. The molecule has 0 aromatic carbocycles. The minimum Gasteiger partial charge on any atom is -0.458 e. The first kappa shape index (κ1) is 13.1. The first-order chi connectivity index (χ1) is 8.40. The fourth-order valence-electron chi connectivity index (χ4n) is 2.46. The molecule has 2 rings (SSSR count). The molecule has 1 saturated carbocycles. The van der Waals surface area contributed by atoms with E-state index in [0.717, 1.165) is 0 Å². The molecule has 1 heterocycles. The lowest BCUT2D eigenvalue weighted by Crippen LogP contribution is -2.42. The van der Waals surface area contributed by atoms with E-state index in [4.69, 9.17) is 21.1 Å². The van der Waals surface area contributed by atoms with E-state index in [1.54, 1.807) is 0 Å². The summed E-state index contributed by atoms with van der Waals surface area (Å²) >= 11 is 5.47. The summed E-state index contributed by atoms with van der Waals surface area (Å²) in [5, 5.41) is -0.562. The molecule has 0 amide bonds. The van der Waals surface area contributed by atoms with E-state index < -0.39 is 29.3 Å². The first-order valence-corrected chi connectivity index (χ1v) is 6.03. The highest BCUT2D eigenvalue weighted by molar-refractivity contribution is 6.64. The van der Waals surface area contributed by atoms with Crippen LogP contribution in [0.3, 0.4) is 0 Å². The van der Waals surface area contributed by atoms with Crippen LogP contribution in [0.1, 0.15) is 19.8 Å². The number of hydrogen-bond acceptors (Lipinski definition) is 5. The van der Waals surface area contributed by atoms with Crippen molar-refractivity contribution in [2.24, 2.45) is 11.8 Å². The molecule has 1 aliphatic carbocycles. The van der Waals surface area contributed by atoms with Crippen LogP contribution < -0.4 is 0 Å². The molecule has 0 aromatic heterocycles. The van der Waals surface area contributed by atoms with E-state index >= 15 is 0 Å². The van der Waals surface area contributed by atoms with Crippen molar-refractivity contribution in [1.29, 1.82) is 0 Å². The van der Waals surface area contributed by atoms with Crippen molar-refractivity contribution in [2.75, 3.05) is 0 Å². The zero-order valence-electron chi connectivity index (χ0n) is 9.85. The Morgan fingerprint density at radius 3 is 2.72 bits per heavy atom. The number of halogens is 1. The Morgan fingerprint density at radius 2 is 2.17 bits per heavy atom. The number of carbonyl (C=O) groups is 3. The topological polar surface area (TPSA) is 69.7 Å². The van der Waals surface area contributed by atoms with Gasteiger partial charge in [-0.25, -0.2) is 4.79 Å². The second-order valence-corrected chi connectivity index (χ2v) is 5.09. The van der Waals surface area contributed by atoms with Gasteiger partial charge >= 0.3 is 11.9 Å². The van der Waals surface area contributed by atoms with Gasteiger partial charge in [0.2, 0.25) is 5.24 Å². The quantitative estimate of drug-likeness (QED) is 0.438. The monoisotopic (exact) mass is 272 g/mol. The molecular formula is C12H13ClO5. The predicted molar refractivity (Wildman–Crippen MR) is 61.6 cm³/mol. The summed E-state index contributed by atoms with van der Waals surface area (Å²) in [5.41, 5.74) is 0.264. The van der Waals surface area contributed by atoms with Crippen LogP contribution in [-0.2, 0) is 23.9 Å². The molecule has 2 fully saturated rings. The maximum absolute atomic E-state index is 11.5. The highest BCUT2D eigenvalue weighted by Gasteiger charge is 2.54. The molecule has 4 atom stereocenters. The summed E-state index contributed by atoms with van der Waals surface area (Å²) in [6.07, 6.45) is -0.804. The fourth-order valence-corrected chi connectivity index (χ4v) is 2.68. The fraction of sp³-hybridized carbons (Fsp3) is 0.583. The molecule has 2 bridgehead atoms. The largest absolute Gasteiger partial charge is 0.458 e. The van der Waals surface area contributed by atoms with Crippen molar-refractivity contribution in [3.63, 3.8) is 0 Å². The molecule has 4 unspecified atom stereocenters. The summed E-state index contributed by atoms with van der Waals surface area (Å²) in [6, 6.07) is 0. The van der Waals surface area contributed by atoms with Gasteiger partial charge in [0, 0.05) is 11.5 Å². The summed E-state index contributed by atoms with van der Waals surface area (Å²) in [7, 11) is 0. The van der Waals surface area contributed by atoms with E-state index in [1.165, 1.54) is 6.92 Å². The lowest BCUT2D eigenvalue weighted by Gasteiger charge is -2.29. The third kappa shape index (κ3) is 2.27. The SMILES string of the molecule is C=C(C)C(=O)OC1C2CC(=O)OC1C(C(=O)Cl)C2. The minimum absolute atomic E-state index is 0.144. The minimum atomic E-state index is -0.760. The van der Waals surface area contributed by atoms with Crippen molar-refractivity contribution in [1.82, 2.24) is 0 Å². The lowest BCUT2D eigenvalue weighted by molar-refractivity contribution is -0.177. The predicted octanol–water partition coefficient (Wildman–Crippen LogP) is 1.19. The van der Waals surface area contributed by atoms with Crippen LogP contribution >= 0.6 is 11.6 Å². The second-order valence-electron chi connectivity index (χ2n) is 4.72. The molecule has 0 aromatic rings. The molecular weight excluding hydrogens is 260 g/mol. The zero-order valence-corrected chi connectivity index (χ0v) is 10.6. The number of fused-ring (bicyclic) bond motifs is 2. The highest BCUT2D eigenvalue weighted by atomic mass is 35.5. The van der Waals surface area contributed by atoms with Gasteiger partial charge < -0.3 is 9.47 Å². The van der Waals surface area contributed by atoms with Crippen molar-refractivity contribution < 1.29 is 23.9 Å². The normalized spacial score (nSPS) is 33.8. The van der Waals surface area contributed by atoms with Crippen LogP contribution in [0, 0.1) is 11.8 Å². The summed E-state index contributed by atoms with van der Waals surface area (Å²) in [6.45, 7) is 5.02. The average Bonchev–Trinajstić information content (AvgIpc) is 2.49. The third-order valence-electron chi connectivity index (χ3n) is 3.32. The van der Waals surface area contributed by atoms with Crippen molar-refractivity contribution in [3.8, 4) is 0 Å². The van der Waals surface area contributed by atoms with Crippen molar-refractivity contribution >= 4 is 28.8 Å². The van der Waals surface area contributed by atoms with Crippen LogP contribution in [-0.4, -0.2) is 29.4 Å². The van der Waals surface area contributed by atoms with Gasteiger partial charge in [-0.1, -0.05) is 6.58 Å². The van der Waals surface area contributed by atoms with Gasteiger partial charge in [0.25, 0.3) is 0 Å². The van der Waals surface area contributed by atoms with E-state index in [1.807, 2.05) is 0 Å². The van der Waals surface area contributed by atoms with Crippen LogP contribution in [0.5, 0.6) is 0 Å².